The molecule has 1 aromatic heterocycles. The van der Waals surface area contributed by atoms with Crippen molar-refractivity contribution in [1.82, 2.24) is 15.1 Å². The molecular weight excluding hydrogens is 260 g/mol. The summed E-state index contributed by atoms with van der Waals surface area (Å²) in [6.45, 7) is 1.12. The SMILES string of the molecule is O=C(NCCCn1cccn1)c1ccccc1[N+](=O)[O-]. The molecule has 1 aromatic carbocycles. The van der Waals surface area contributed by atoms with E-state index in [1.54, 1.807) is 16.9 Å². The zero-order valence-corrected chi connectivity index (χ0v) is 10.7. The first-order valence-electron chi connectivity index (χ1n) is 6.17. The molecule has 0 bridgehead atoms. The van der Waals surface area contributed by atoms with Gasteiger partial charge in [0.1, 0.15) is 5.56 Å². The van der Waals surface area contributed by atoms with Crippen LogP contribution >= 0.6 is 0 Å². The van der Waals surface area contributed by atoms with Crippen LogP contribution in [0.15, 0.2) is 42.7 Å². The molecule has 1 N–H and O–H groups in total. The summed E-state index contributed by atoms with van der Waals surface area (Å²) in [5, 5.41) is 17.5. The fraction of sp³-hybridized carbons (Fsp3) is 0.231. The molecule has 1 amide bonds. The first-order chi connectivity index (χ1) is 9.68. The Balaban J connectivity index is 1.87. The van der Waals surface area contributed by atoms with E-state index in [-0.39, 0.29) is 11.3 Å². The van der Waals surface area contributed by atoms with E-state index in [0.717, 1.165) is 0 Å². The van der Waals surface area contributed by atoms with Gasteiger partial charge < -0.3 is 5.32 Å². The van der Waals surface area contributed by atoms with Crippen molar-refractivity contribution in [2.24, 2.45) is 0 Å². The van der Waals surface area contributed by atoms with Gasteiger partial charge in [-0.25, -0.2) is 0 Å². The third-order valence-corrected chi connectivity index (χ3v) is 2.75. The molecule has 0 aliphatic rings. The number of benzene rings is 1. The maximum atomic E-state index is 11.9. The summed E-state index contributed by atoms with van der Waals surface area (Å²) in [4.78, 5) is 22.2. The molecule has 20 heavy (non-hydrogen) atoms. The minimum Gasteiger partial charge on any atom is -0.352 e. The number of carbonyl (C=O) groups excluding carboxylic acids is 1. The normalized spacial score (nSPS) is 10.2. The minimum atomic E-state index is -0.557. The lowest BCUT2D eigenvalue weighted by molar-refractivity contribution is -0.385. The maximum absolute atomic E-state index is 11.9. The second-order valence-electron chi connectivity index (χ2n) is 4.15. The highest BCUT2D eigenvalue weighted by atomic mass is 16.6. The lowest BCUT2D eigenvalue weighted by Crippen LogP contribution is -2.26. The number of nitrogens with one attached hydrogen (secondary N) is 1. The average molecular weight is 274 g/mol. The predicted octanol–water partition coefficient (Wildman–Crippen LogP) is 1.61. The highest BCUT2D eigenvalue weighted by molar-refractivity contribution is 5.98. The Morgan fingerprint density at radius 1 is 1.35 bits per heavy atom. The van der Waals surface area contributed by atoms with Crippen LogP contribution < -0.4 is 5.32 Å². The summed E-state index contributed by atoms with van der Waals surface area (Å²) < 4.78 is 1.76. The molecule has 7 heteroatoms. The van der Waals surface area contributed by atoms with Crippen LogP contribution in [0.25, 0.3) is 0 Å². The van der Waals surface area contributed by atoms with Gasteiger partial charge in [0, 0.05) is 31.5 Å². The molecule has 0 unspecified atom stereocenters. The van der Waals surface area contributed by atoms with E-state index in [1.165, 1.54) is 18.2 Å². The number of rotatable bonds is 6. The summed E-state index contributed by atoms with van der Waals surface area (Å²) in [7, 11) is 0. The van der Waals surface area contributed by atoms with Gasteiger partial charge in [-0.3, -0.25) is 19.6 Å². The highest BCUT2D eigenvalue weighted by Gasteiger charge is 2.18. The monoisotopic (exact) mass is 274 g/mol. The average Bonchev–Trinajstić information content (AvgIpc) is 2.96. The molecule has 0 aliphatic carbocycles. The van der Waals surface area contributed by atoms with Gasteiger partial charge >= 0.3 is 0 Å². The van der Waals surface area contributed by atoms with Crippen LogP contribution in [0.1, 0.15) is 16.8 Å². The molecule has 0 fully saturated rings. The Kier molecular flexibility index (Phi) is 4.43. The van der Waals surface area contributed by atoms with E-state index in [4.69, 9.17) is 0 Å². The number of nitrogens with zero attached hydrogens (tertiary/aromatic N) is 3. The van der Waals surface area contributed by atoms with Crippen molar-refractivity contribution < 1.29 is 9.72 Å². The predicted molar refractivity (Wildman–Crippen MR) is 72.3 cm³/mol. The lowest BCUT2D eigenvalue weighted by atomic mass is 10.1. The lowest BCUT2D eigenvalue weighted by Gasteiger charge is -2.06. The largest absolute Gasteiger partial charge is 0.352 e. The van der Waals surface area contributed by atoms with E-state index in [2.05, 4.69) is 10.4 Å². The smallest absolute Gasteiger partial charge is 0.282 e. The quantitative estimate of drug-likeness (QED) is 0.492. The standard InChI is InChI=1S/C13H14N4O3/c18-13(11-5-1-2-6-12(11)17(19)20)14-7-3-9-16-10-4-8-15-16/h1-2,4-6,8,10H,3,7,9H2,(H,14,18). The Morgan fingerprint density at radius 3 is 2.85 bits per heavy atom. The van der Waals surface area contributed by atoms with Crippen molar-refractivity contribution in [3.8, 4) is 0 Å². The molecule has 104 valence electrons. The van der Waals surface area contributed by atoms with Gasteiger partial charge in [-0.05, 0) is 18.6 Å². The van der Waals surface area contributed by atoms with Gasteiger partial charge in [0.15, 0.2) is 0 Å². The van der Waals surface area contributed by atoms with Crippen LogP contribution in [0.2, 0.25) is 0 Å². The van der Waals surface area contributed by atoms with Gasteiger partial charge in [0.2, 0.25) is 0 Å². The van der Waals surface area contributed by atoms with Crippen LogP contribution in [-0.2, 0) is 6.54 Å². The molecule has 0 aliphatic heterocycles. The van der Waals surface area contributed by atoms with Crippen molar-refractivity contribution in [3.05, 3.63) is 58.4 Å². The summed E-state index contributed by atoms with van der Waals surface area (Å²) in [6, 6.07) is 7.73. The fourth-order valence-corrected chi connectivity index (χ4v) is 1.80. The molecule has 0 spiro atoms. The van der Waals surface area contributed by atoms with Crippen LogP contribution in [0, 0.1) is 10.1 Å². The van der Waals surface area contributed by atoms with E-state index in [0.29, 0.717) is 19.5 Å². The van der Waals surface area contributed by atoms with E-state index in [1.807, 2.05) is 12.3 Å². The third kappa shape index (κ3) is 3.41. The van der Waals surface area contributed by atoms with Crippen molar-refractivity contribution in [2.45, 2.75) is 13.0 Å². The second kappa shape index (κ2) is 6.46. The van der Waals surface area contributed by atoms with Gasteiger partial charge in [0.25, 0.3) is 11.6 Å². The Bertz CT molecular complexity index is 595. The summed E-state index contributed by atoms with van der Waals surface area (Å²) >= 11 is 0. The molecule has 0 radical (unpaired) electrons. The second-order valence-corrected chi connectivity index (χ2v) is 4.15. The van der Waals surface area contributed by atoms with Crippen LogP contribution in [0.3, 0.4) is 0 Å². The molecule has 2 rings (SSSR count). The number of aryl methyl sites for hydroxylation is 1. The zero-order chi connectivity index (χ0) is 14.4. The highest BCUT2D eigenvalue weighted by Crippen LogP contribution is 2.17. The third-order valence-electron chi connectivity index (χ3n) is 2.75. The Labute approximate surface area is 115 Å². The number of nitro groups is 1. The van der Waals surface area contributed by atoms with Gasteiger partial charge in [-0.15, -0.1) is 0 Å². The van der Waals surface area contributed by atoms with Crippen molar-refractivity contribution in [2.75, 3.05) is 6.54 Å². The van der Waals surface area contributed by atoms with Crippen molar-refractivity contribution in [3.63, 3.8) is 0 Å². The van der Waals surface area contributed by atoms with Crippen LogP contribution in [0.5, 0.6) is 0 Å². The number of hydrogen-bond acceptors (Lipinski definition) is 4. The summed E-state index contributed by atoms with van der Waals surface area (Å²) in [5.41, 5.74) is -0.103. The van der Waals surface area contributed by atoms with Crippen LogP contribution in [-0.4, -0.2) is 27.2 Å². The van der Waals surface area contributed by atoms with Crippen LogP contribution in [0.4, 0.5) is 5.69 Å². The van der Waals surface area contributed by atoms with Crippen molar-refractivity contribution >= 4 is 11.6 Å². The van der Waals surface area contributed by atoms with E-state index in [9.17, 15) is 14.9 Å². The van der Waals surface area contributed by atoms with Gasteiger partial charge in [-0.1, -0.05) is 12.1 Å². The minimum absolute atomic E-state index is 0.0802. The van der Waals surface area contributed by atoms with E-state index >= 15 is 0 Å². The molecule has 0 saturated carbocycles. The molecule has 0 atom stereocenters. The zero-order valence-electron chi connectivity index (χ0n) is 10.7. The van der Waals surface area contributed by atoms with Gasteiger partial charge in [0.05, 0.1) is 4.92 Å². The summed E-state index contributed by atoms with van der Waals surface area (Å²) in [5.74, 6) is -0.433. The number of para-hydroxylation sites is 1. The van der Waals surface area contributed by atoms with E-state index < -0.39 is 10.8 Å². The molecular formula is C13H14N4O3. The number of carbonyl (C=O) groups is 1. The van der Waals surface area contributed by atoms with Crippen molar-refractivity contribution in [1.29, 1.82) is 0 Å². The Morgan fingerprint density at radius 2 is 2.15 bits per heavy atom. The number of aromatic nitrogens is 2. The molecule has 7 nitrogen and oxygen atoms in total. The first kappa shape index (κ1) is 13.7. The molecule has 2 aromatic rings. The Hall–Kier alpha value is -2.70. The van der Waals surface area contributed by atoms with Gasteiger partial charge in [-0.2, -0.15) is 5.10 Å². The topological polar surface area (TPSA) is 90.1 Å². The fourth-order valence-electron chi connectivity index (χ4n) is 1.80. The molecule has 0 saturated heterocycles. The number of hydrogen-bond donors (Lipinski definition) is 1. The maximum Gasteiger partial charge on any atom is 0.282 e. The number of amides is 1. The first-order valence-corrected chi connectivity index (χ1v) is 6.17. The molecule has 1 heterocycles. The number of nitro benzene ring substituents is 1. The summed E-state index contributed by atoms with van der Waals surface area (Å²) in [6.07, 6.45) is 4.23.